The van der Waals surface area contributed by atoms with Crippen molar-refractivity contribution >= 4 is 22.9 Å². The zero-order valence-electron chi connectivity index (χ0n) is 6.91. The van der Waals surface area contributed by atoms with Crippen LogP contribution in [0.3, 0.4) is 0 Å². The van der Waals surface area contributed by atoms with Crippen LogP contribution in [0.5, 0.6) is 0 Å². The third-order valence-corrected chi connectivity index (χ3v) is 2.31. The highest BCUT2D eigenvalue weighted by atomic mass is 32.1. The quantitative estimate of drug-likeness (QED) is 0.706. The number of nitrogens with one attached hydrogen (secondary N) is 1. The molecule has 0 aliphatic rings. The number of unbranched alkanes of at least 4 members (excludes halogenated alkanes) is 1. The number of amides is 1. The summed E-state index contributed by atoms with van der Waals surface area (Å²) in [6, 6.07) is 0. The summed E-state index contributed by atoms with van der Waals surface area (Å²) in [5.41, 5.74) is 0. The summed E-state index contributed by atoms with van der Waals surface area (Å²) in [6.45, 7) is 2.13. The maximum Gasteiger partial charge on any atom is 0.213 e. The van der Waals surface area contributed by atoms with Crippen molar-refractivity contribution in [1.29, 1.82) is 0 Å². The van der Waals surface area contributed by atoms with Crippen molar-refractivity contribution in [2.75, 3.05) is 5.32 Å². The van der Waals surface area contributed by atoms with Gasteiger partial charge in [0.05, 0.1) is 0 Å². The van der Waals surface area contributed by atoms with Gasteiger partial charge < -0.3 is 5.32 Å². The van der Waals surface area contributed by atoms with Gasteiger partial charge in [-0.25, -0.2) is 0 Å². The van der Waals surface area contributed by atoms with Crippen LogP contribution in [0.15, 0.2) is 0 Å². The Labute approximate surface area is 75.0 Å². The van der Waals surface area contributed by atoms with Gasteiger partial charge in [-0.05, 0) is 6.42 Å². The number of carbonyl (C=O) groups is 1. The van der Waals surface area contributed by atoms with Crippen LogP contribution in [0.2, 0.25) is 0 Å². The highest BCUT2D eigenvalue weighted by Crippen LogP contribution is 2.15. The van der Waals surface area contributed by atoms with E-state index in [2.05, 4.69) is 22.4 Å². The van der Waals surface area contributed by atoms with Crippen molar-refractivity contribution in [3.05, 3.63) is 5.01 Å². The predicted octanol–water partition coefficient (Wildman–Crippen LogP) is 1.45. The molecule has 1 aromatic heterocycles. The topological polar surface area (TPSA) is 54.9 Å². The Morgan fingerprint density at radius 1 is 1.58 bits per heavy atom. The average molecular weight is 185 g/mol. The Bertz CT molecular complexity index is 249. The predicted molar refractivity (Wildman–Crippen MR) is 48.2 cm³/mol. The van der Waals surface area contributed by atoms with E-state index in [4.69, 9.17) is 0 Å². The van der Waals surface area contributed by atoms with Crippen LogP contribution in [-0.4, -0.2) is 16.6 Å². The Morgan fingerprint density at radius 2 is 2.42 bits per heavy atom. The number of aryl methyl sites for hydroxylation is 1. The molecule has 0 aliphatic carbocycles. The Balaban J connectivity index is 2.46. The van der Waals surface area contributed by atoms with E-state index in [-0.39, 0.29) is 0 Å². The van der Waals surface area contributed by atoms with Gasteiger partial charge in [0.1, 0.15) is 5.01 Å². The second-order valence-electron chi connectivity index (χ2n) is 2.37. The first-order chi connectivity index (χ1) is 5.86. The smallest absolute Gasteiger partial charge is 0.213 e. The highest BCUT2D eigenvalue weighted by Gasteiger charge is 2.01. The van der Waals surface area contributed by atoms with Gasteiger partial charge in [-0.2, -0.15) is 0 Å². The molecule has 0 radical (unpaired) electrons. The monoisotopic (exact) mass is 185 g/mol. The molecule has 0 aromatic carbocycles. The molecule has 12 heavy (non-hydrogen) atoms. The zero-order valence-corrected chi connectivity index (χ0v) is 7.73. The SMILES string of the molecule is CCCCc1nnc(NC=O)s1. The number of carbonyl (C=O) groups excluding carboxylic acids is 1. The van der Waals surface area contributed by atoms with Crippen molar-refractivity contribution in [2.45, 2.75) is 26.2 Å². The standard InChI is InChI=1S/C7H11N3OS/c1-2-3-4-6-9-10-7(12-6)8-5-11/h5H,2-4H2,1H3,(H,8,10,11). The van der Waals surface area contributed by atoms with Crippen molar-refractivity contribution in [3.63, 3.8) is 0 Å². The Morgan fingerprint density at radius 3 is 3.08 bits per heavy atom. The number of anilines is 1. The maximum atomic E-state index is 10.0. The minimum atomic E-state index is 0.580. The minimum Gasteiger partial charge on any atom is -0.303 e. The van der Waals surface area contributed by atoms with Gasteiger partial charge in [0, 0.05) is 6.42 Å². The molecule has 1 aromatic rings. The van der Waals surface area contributed by atoms with Gasteiger partial charge in [-0.3, -0.25) is 4.79 Å². The van der Waals surface area contributed by atoms with Crippen LogP contribution in [0, 0.1) is 0 Å². The van der Waals surface area contributed by atoms with E-state index >= 15 is 0 Å². The number of nitrogens with zero attached hydrogens (tertiary/aromatic N) is 2. The maximum absolute atomic E-state index is 10.0. The summed E-state index contributed by atoms with van der Waals surface area (Å²) in [5.74, 6) is 0. The first kappa shape index (κ1) is 9.12. The molecule has 4 nitrogen and oxygen atoms in total. The Kier molecular flexibility index (Phi) is 3.66. The van der Waals surface area contributed by atoms with E-state index < -0.39 is 0 Å². The first-order valence-electron chi connectivity index (χ1n) is 3.89. The number of hydrogen-bond donors (Lipinski definition) is 1. The lowest BCUT2D eigenvalue weighted by Gasteiger charge is -1.88. The summed E-state index contributed by atoms with van der Waals surface area (Å²) >= 11 is 1.43. The van der Waals surface area contributed by atoms with E-state index in [0.717, 1.165) is 24.3 Å². The van der Waals surface area contributed by atoms with Gasteiger partial charge in [-0.1, -0.05) is 24.7 Å². The van der Waals surface area contributed by atoms with Crippen molar-refractivity contribution in [1.82, 2.24) is 10.2 Å². The molecule has 0 spiro atoms. The van der Waals surface area contributed by atoms with Crippen LogP contribution in [0.25, 0.3) is 0 Å². The van der Waals surface area contributed by atoms with Gasteiger partial charge in [0.15, 0.2) is 0 Å². The number of rotatable bonds is 5. The fourth-order valence-electron chi connectivity index (χ4n) is 0.791. The van der Waals surface area contributed by atoms with E-state index in [0.29, 0.717) is 11.5 Å². The highest BCUT2D eigenvalue weighted by molar-refractivity contribution is 7.15. The molecule has 0 fully saturated rings. The van der Waals surface area contributed by atoms with Gasteiger partial charge in [0.25, 0.3) is 0 Å². The van der Waals surface area contributed by atoms with E-state index in [1.54, 1.807) is 0 Å². The molecule has 1 amide bonds. The molecule has 0 bridgehead atoms. The van der Waals surface area contributed by atoms with Crippen molar-refractivity contribution < 1.29 is 4.79 Å². The van der Waals surface area contributed by atoms with Crippen LogP contribution in [-0.2, 0) is 11.2 Å². The molecule has 0 unspecified atom stereocenters. The lowest BCUT2D eigenvalue weighted by atomic mass is 10.3. The molecule has 1 rings (SSSR count). The second-order valence-corrected chi connectivity index (χ2v) is 3.43. The molecular formula is C7H11N3OS. The number of aromatic nitrogens is 2. The second kappa shape index (κ2) is 4.82. The Hall–Kier alpha value is -0.970. The van der Waals surface area contributed by atoms with Gasteiger partial charge in [0.2, 0.25) is 11.5 Å². The molecule has 66 valence electrons. The van der Waals surface area contributed by atoms with Crippen LogP contribution >= 0.6 is 11.3 Å². The van der Waals surface area contributed by atoms with Crippen LogP contribution in [0.1, 0.15) is 24.8 Å². The summed E-state index contributed by atoms with van der Waals surface area (Å²) < 4.78 is 0. The average Bonchev–Trinajstić information content (AvgIpc) is 2.50. The summed E-state index contributed by atoms with van der Waals surface area (Å²) in [6.07, 6.45) is 3.84. The minimum absolute atomic E-state index is 0.580. The summed E-state index contributed by atoms with van der Waals surface area (Å²) in [7, 11) is 0. The normalized spacial score (nSPS) is 9.75. The van der Waals surface area contributed by atoms with Gasteiger partial charge in [-0.15, -0.1) is 10.2 Å². The first-order valence-corrected chi connectivity index (χ1v) is 4.71. The molecule has 5 heteroatoms. The fourth-order valence-corrected chi connectivity index (χ4v) is 1.53. The fraction of sp³-hybridized carbons (Fsp3) is 0.571. The van der Waals surface area contributed by atoms with E-state index in [9.17, 15) is 4.79 Å². The molecule has 0 saturated carbocycles. The van der Waals surface area contributed by atoms with Crippen LogP contribution in [0.4, 0.5) is 5.13 Å². The molecular weight excluding hydrogens is 174 g/mol. The molecule has 0 atom stereocenters. The van der Waals surface area contributed by atoms with E-state index in [1.807, 2.05) is 0 Å². The van der Waals surface area contributed by atoms with E-state index in [1.165, 1.54) is 11.3 Å². The largest absolute Gasteiger partial charge is 0.303 e. The molecule has 0 aliphatic heterocycles. The van der Waals surface area contributed by atoms with Crippen LogP contribution < -0.4 is 5.32 Å². The third kappa shape index (κ3) is 2.58. The van der Waals surface area contributed by atoms with Crippen molar-refractivity contribution in [2.24, 2.45) is 0 Å². The summed E-state index contributed by atoms with van der Waals surface area (Å²) in [4.78, 5) is 10.0. The third-order valence-electron chi connectivity index (χ3n) is 1.39. The molecule has 1 N–H and O–H groups in total. The lowest BCUT2D eigenvalue weighted by molar-refractivity contribution is -0.105. The number of hydrogen-bond acceptors (Lipinski definition) is 4. The zero-order chi connectivity index (χ0) is 8.81. The lowest BCUT2D eigenvalue weighted by Crippen LogP contribution is -1.91. The summed E-state index contributed by atoms with van der Waals surface area (Å²) in [5, 5.41) is 11.7. The van der Waals surface area contributed by atoms with Gasteiger partial charge >= 0.3 is 0 Å². The molecule has 0 saturated heterocycles. The molecule has 1 heterocycles. The van der Waals surface area contributed by atoms with Crippen molar-refractivity contribution in [3.8, 4) is 0 Å².